The number of nitrogens with one attached hydrogen (secondary N) is 1. The van der Waals surface area contributed by atoms with E-state index in [9.17, 15) is 9.59 Å². The molecule has 1 aliphatic heterocycles. The number of aliphatic carboxylic acids is 1. The van der Waals surface area contributed by atoms with Crippen molar-refractivity contribution < 1.29 is 19.4 Å². The van der Waals surface area contributed by atoms with Crippen LogP contribution in [-0.4, -0.2) is 41.6 Å². The second-order valence-corrected chi connectivity index (χ2v) is 4.27. The molecule has 1 aliphatic rings. The van der Waals surface area contributed by atoms with Crippen LogP contribution in [0.3, 0.4) is 0 Å². The summed E-state index contributed by atoms with van der Waals surface area (Å²) in [5.74, 6) is -0.182. The first-order chi connectivity index (χ1) is 8.13. The lowest BCUT2D eigenvalue weighted by molar-refractivity contribution is -0.139. The van der Waals surface area contributed by atoms with E-state index in [0.717, 1.165) is 12.2 Å². The summed E-state index contributed by atoms with van der Waals surface area (Å²) in [5, 5.41) is 11.2. The van der Waals surface area contributed by atoms with E-state index < -0.39 is 18.1 Å². The highest BCUT2D eigenvalue weighted by molar-refractivity contribution is 8.12. The highest BCUT2D eigenvalue weighted by Gasteiger charge is 2.21. The summed E-state index contributed by atoms with van der Waals surface area (Å²) in [6.07, 6.45) is 2.11. The van der Waals surface area contributed by atoms with Gasteiger partial charge in [-0.25, -0.2) is 9.59 Å². The molecule has 1 unspecified atom stereocenters. The predicted octanol–water partition coefficient (Wildman–Crippen LogP) is 1.23. The minimum absolute atomic E-state index is 0.154. The number of carboxylic acid groups (broad SMARTS) is 1. The molecule has 0 aromatic heterocycles. The molecule has 1 amide bonds. The average molecular weight is 258 g/mol. The van der Waals surface area contributed by atoms with Crippen molar-refractivity contribution >= 4 is 29.4 Å². The molecule has 2 N–H and O–H groups in total. The minimum Gasteiger partial charge on any atom is -0.480 e. The van der Waals surface area contributed by atoms with Gasteiger partial charge in [0.25, 0.3) is 0 Å². The van der Waals surface area contributed by atoms with Crippen molar-refractivity contribution in [3.63, 3.8) is 0 Å². The molecule has 7 heteroatoms. The third-order valence-electron chi connectivity index (χ3n) is 2.10. The fraction of sp³-hybridized carbons (Fsp3) is 0.500. The summed E-state index contributed by atoms with van der Waals surface area (Å²) in [6.45, 7) is 0. The van der Waals surface area contributed by atoms with Crippen LogP contribution in [-0.2, 0) is 9.53 Å². The van der Waals surface area contributed by atoms with Gasteiger partial charge in [-0.3, -0.25) is 4.99 Å². The summed E-state index contributed by atoms with van der Waals surface area (Å²) >= 11 is 1.57. The molecular weight excluding hydrogens is 244 g/mol. The number of allylic oxidation sites excluding steroid dienone is 1. The van der Waals surface area contributed by atoms with E-state index in [2.05, 4.69) is 15.0 Å². The standard InChI is InChI=1S/C10H14N2O4S/c1-16-10(15)12-8(9(13)14)5-7-3-2-4-17-6-11-7/h3,6,8H,2,4-5H2,1H3,(H,12,15)(H,13,14). The second kappa shape index (κ2) is 6.95. The molecule has 0 radical (unpaired) electrons. The maximum absolute atomic E-state index is 11.0. The zero-order valence-corrected chi connectivity index (χ0v) is 10.2. The number of hydrogen-bond acceptors (Lipinski definition) is 5. The molecule has 0 spiro atoms. The Morgan fingerprint density at radius 2 is 2.47 bits per heavy atom. The smallest absolute Gasteiger partial charge is 0.407 e. The largest absolute Gasteiger partial charge is 0.480 e. The Balaban J connectivity index is 2.62. The van der Waals surface area contributed by atoms with Crippen LogP contribution < -0.4 is 5.32 Å². The van der Waals surface area contributed by atoms with Crippen LogP contribution in [0, 0.1) is 0 Å². The molecule has 6 nitrogen and oxygen atoms in total. The number of alkyl carbamates (subject to hydrolysis) is 1. The molecule has 0 saturated carbocycles. The number of thioether (sulfide) groups is 1. The van der Waals surface area contributed by atoms with Gasteiger partial charge < -0.3 is 15.2 Å². The molecular formula is C10H14N2O4S. The number of carboxylic acids is 1. The summed E-state index contributed by atoms with van der Waals surface area (Å²) in [5.41, 5.74) is 2.36. The van der Waals surface area contributed by atoms with Crippen molar-refractivity contribution in [1.29, 1.82) is 0 Å². The van der Waals surface area contributed by atoms with Gasteiger partial charge in [0.2, 0.25) is 0 Å². The van der Waals surface area contributed by atoms with Crippen LogP contribution in [0.25, 0.3) is 0 Å². The Labute approximate surface area is 103 Å². The van der Waals surface area contributed by atoms with Crippen molar-refractivity contribution in [2.75, 3.05) is 12.9 Å². The third kappa shape index (κ3) is 4.90. The fourth-order valence-electron chi connectivity index (χ4n) is 1.25. The Morgan fingerprint density at radius 1 is 1.71 bits per heavy atom. The number of ether oxygens (including phenoxy) is 1. The van der Waals surface area contributed by atoms with Gasteiger partial charge in [0.1, 0.15) is 6.04 Å². The summed E-state index contributed by atoms with van der Waals surface area (Å²) in [6, 6.07) is -1.02. The highest BCUT2D eigenvalue weighted by Crippen LogP contribution is 2.15. The molecule has 1 rings (SSSR count). The van der Waals surface area contributed by atoms with Gasteiger partial charge in [0, 0.05) is 17.9 Å². The van der Waals surface area contributed by atoms with E-state index in [1.807, 2.05) is 6.08 Å². The van der Waals surface area contributed by atoms with Gasteiger partial charge in [-0.1, -0.05) is 6.08 Å². The van der Waals surface area contributed by atoms with Crippen molar-refractivity contribution in [3.05, 3.63) is 11.8 Å². The van der Waals surface area contributed by atoms with E-state index in [0.29, 0.717) is 5.70 Å². The van der Waals surface area contributed by atoms with Gasteiger partial charge in [0.05, 0.1) is 12.7 Å². The molecule has 94 valence electrons. The molecule has 0 aromatic rings. The molecule has 0 bridgehead atoms. The highest BCUT2D eigenvalue weighted by atomic mass is 32.2. The molecule has 1 heterocycles. The molecule has 0 aromatic carbocycles. The van der Waals surface area contributed by atoms with E-state index in [4.69, 9.17) is 5.11 Å². The molecule has 0 saturated heterocycles. The molecule has 0 aliphatic carbocycles. The summed E-state index contributed by atoms with van der Waals surface area (Å²) in [4.78, 5) is 26.1. The minimum atomic E-state index is -1.11. The van der Waals surface area contributed by atoms with Crippen LogP contribution in [0.1, 0.15) is 12.8 Å². The van der Waals surface area contributed by atoms with E-state index >= 15 is 0 Å². The number of aliphatic imine (C=N–C) groups is 1. The lowest BCUT2D eigenvalue weighted by atomic mass is 10.1. The van der Waals surface area contributed by atoms with Crippen molar-refractivity contribution in [1.82, 2.24) is 5.32 Å². The first-order valence-corrected chi connectivity index (χ1v) is 6.09. The predicted molar refractivity (Wildman–Crippen MR) is 65.2 cm³/mol. The number of hydrogen-bond donors (Lipinski definition) is 2. The Morgan fingerprint density at radius 3 is 3.12 bits per heavy atom. The van der Waals surface area contributed by atoms with Gasteiger partial charge in [-0.05, 0) is 6.42 Å². The summed E-state index contributed by atoms with van der Waals surface area (Å²) in [7, 11) is 1.19. The molecule has 1 atom stereocenters. The maximum atomic E-state index is 11.0. The number of carbonyl (C=O) groups is 2. The number of rotatable bonds is 4. The number of amides is 1. The first-order valence-electron chi connectivity index (χ1n) is 5.04. The number of nitrogens with zero attached hydrogens (tertiary/aromatic N) is 1. The van der Waals surface area contributed by atoms with Crippen molar-refractivity contribution in [2.45, 2.75) is 18.9 Å². The van der Waals surface area contributed by atoms with Gasteiger partial charge >= 0.3 is 12.1 Å². The van der Waals surface area contributed by atoms with Crippen LogP contribution in [0.4, 0.5) is 4.79 Å². The maximum Gasteiger partial charge on any atom is 0.407 e. The topological polar surface area (TPSA) is 88.0 Å². The Bertz CT molecular complexity index is 354. The van der Waals surface area contributed by atoms with Gasteiger partial charge in [-0.15, -0.1) is 11.8 Å². The van der Waals surface area contributed by atoms with Gasteiger partial charge in [0.15, 0.2) is 0 Å². The van der Waals surface area contributed by atoms with E-state index in [1.54, 1.807) is 17.3 Å². The molecule has 0 fully saturated rings. The van der Waals surface area contributed by atoms with Crippen LogP contribution >= 0.6 is 11.8 Å². The second-order valence-electron chi connectivity index (χ2n) is 3.32. The third-order valence-corrected chi connectivity index (χ3v) is 2.82. The zero-order chi connectivity index (χ0) is 12.7. The monoisotopic (exact) mass is 258 g/mol. The lowest BCUT2D eigenvalue weighted by Crippen LogP contribution is -2.40. The van der Waals surface area contributed by atoms with Crippen LogP contribution in [0.15, 0.2) is 16.8 Å². The van der Waals surface area contributed by atoms with Crippen LogP contribution in [0.5, 0.6) is 0 Å². The Kier molecular flexibility index (Phi) is 5.55. The average Bonchev–Trinajstić information content (AvgIpc) is 2.56. The number of methoxy groups -OCH3 is 1. The first kappa shape index (κ1) is 13.6. The van der Waals surface area contributed by atoms with E-state index in [-0.39, 0.29) is 6.42 Å². The lowest BCUT2D eigenvalue weighted by Gasteiger charge is -2.13. The van der Waals surface area contributed by atoms with Crippen molar-refractivity contribution in [3.8, 4) is 0 Å². The van der Waals surface area contributed by atoms with Gasteiger partial charge in [-0.2, -0.15) is 0 Å². The SMILES string of the molecule is COC(=O)NC(CC1=CCCSC=N1)C(=O)O. The normalized spacial score (nSPS) is 16.6. The van der Waals surface area contributed by atoms with E-state index in [1.165, 1.54) is 7.11 Å². The fourth-order valence-corrected chi connectivity index (χ4v) is 1.82. The molecule has 17 heavy (non-hydrogen) atoms. The van der Waals surface area contributed by atoms with Crippen LogP contribution in [0.2, 0.25) is 0 Å². The quantitative estimate of drug-likeness (QED) is 0.792. The van der Waals surface area contributed by atoms with Crippen molar-refractivity contribution in [2.24, 2.45) is 4.99 Å². The number of carbonyl (C=O) groups excluding carboxylic acids is 1. The summed E-state index contributed by atoms with van der Waals surface area (Å²) < 4.78 is 4.37. The Hall–Kier alpha value is -1.50. The zero-order valence-electron chi connectivity index (χ0n) is 9.38.